The van der Waals surface area contributed by atoms with E-state index in [2.05, 4.69) is 0 Å². The third kappa shape index (κ3) is 3.65. The predicted molar refractivity (Wildman–Crippen MR) is 111 cm³/mol. The molecule has 2 aromatic rings. The van der Waals surface area contributed by atoms with Gasteiger partial charge in [0, 0.05) is 36.1 Å². The number of amides is 1. The normalized spacial score (nSPS) is 19.2. The minimum Gasteiger partial charge on any atom is -0.497 e. The van der Waals surface area contributed by atoms with Crippen molar-refractivity contribution in [2.24, 2.45) is 0 Å². The van der Waals surface area contributed by atoms with Crippen molar-refractivity contribution in [3.8, 4) is 11.5 Å². The number of ketones is 1. The summed E-state index contributed by atoms with van der Waals surface area (Å²) in [5.41, 5.74) is 3.35. The first kappa shape index (κ1) is 19.2. The van der Waals surface area contributed by atoms with E-state index in [-0.39, 0.29) is 24.0 Å². The number of benzene rings is 2. The first-order valence-corrected chi connectivity index (χ1v) is 10.1. The Morgan fingerprint density at radius 3 is 2.55 bits per heavy atom. The van der Waals surface area contributed by atoms with Gasteiger partial charge in [-0.25, -0.2) is 0 Å². The number of rotatable bonds is 5. The number of carbonyl (C=O) groups excluding carboxylic acids is 2. The summed E-state index contributed by atoms with van der Waals surface area (Å²) in [5, 5.41) is 0. The molecule has 0 aromatic heterocycles. The lowest BCUT2D eigenvalue weighted by molar-refractivity contribution is -0.119. The lowest BCUT2D eigenvalue weighted by Gasteiger charge is -2.38. The van der Waals surface area contributed by atoms with Crippen LogP contribution in [0, 0.1) is 0 Å². The Hall–Kier alpha value is -3.08. The number of allylic oxidation sites excluding steroid dienone is 2. The number of Topliss-reactive ketones (excluding diaryl/α,β-unsaturated/α-hetero) is 1. The second-order valence-electron chi connectivity index (χ2n) is 7.33. The molecule has 2 aliphatic rings. The van der Waals surface area contributed by atoms with Crippen LogP contribution in [0.1, 0.15) is 44.1 Å². The average Bonchev–Trinajstić information content (AvgIpc) is 2.74. The second-order valence-corrected chi connectivity index (χ2v) is 7.33. The number of hydrogen-bond acceptors (Lipinski definition) is 4. The molecule has 1 heterocycles. The zero-order chi connectivity index (χ0) is 20.4. The third-order valence-electron chi connectivity index (χ3n) is 5.58. The highest BCUT2D eigenvalue weighted by Crippen LogP contribution is 2.43. The Morgan fingerprint density at radius 2 is 1.83 bits per heavy atom. The van der Waals surface area contributed by atoms with Crippen molar-refractivity contribution in [3.05, 3.63) is 65.4 Å². The van der Waals surface area contributed by atoms with E-state index in [1.165, 1.54) is 0 Å². The summed E-state index contributed by atoms with van der Waals surface area (Å²) < 4.78 is 10.9. The predicted octanol–water partition coefficient (Wildman–Crippen LogP) is 4.62. The molecular formula is C24H25NO4. The number of carbonyl (C=O) groups is 2. The van der Waals surface area contributed by atoms with Gasteiger partial charge in [0.2, 0.25) is 5.91 Å². The average molecular weight is 391 g/mol. The third-order valence-corrected chi connectivity index (χ3v) is 5.58. The molecule has 1 unspecified atom stereocenters. The molecule has 0 spiro atoms. The van der Waals surface area contributed by atoms with Crippen molar-refractivity contribution < 1.29 is 19.1 Å². The van der Waals surface area contributed by atoms with Gasteiger partial charge in [-0.3, -0.25) is 14.5 Å². The minimum atomic E-state index is -0.206. The molecule has 0 N–H and O–H groups in total. The van der Waals surface area contributed by atoms with Crippen molar-refractivity contribution in [1.29, 1.82) is 0 Å². The molecule has 150 valence electrons. The number of hydrogen-bond donors (Lipinski definition) is 0. The van der Waals surface area contributed by atoms with Crippen LogP contribution < -0.4 is 14.4 Å². The van der Waals surface area contributed by atoms with Crippen LogP contribution in [0.5, 0.6) is 11.5 Å². The van der Waals surface area contributed by atoms with Crippen LogP contribution in [-0.4, -0.2) is 25.4 Å². The summed E-state index contributed by atoms with van der Waals surface area (Å²) in [6, 6.07) is 15.2. The summed E-state index contributed by atoms with van der Waals surface area (Å²) in [6.07, 6.45) is 2.29. The molecule has 1 amide bonds. The monoisotopic (exact) mass is 391 g/mol. The number of ether oxygens (including phenoxy) is 2. The molecule has 0 saturated heterocycles. The Labute approximate surface area is 170 Å². The summed E-state index contributed by atoms with van der Waals surface area (Å²) in [7, 11) is 1.61. The first-order chi connectivity index (χ1) is 14.1. The van der Waals surface area contributed by atoms with Crippen LogP contribution in [0.4, 0.5) is 5.69 Å². The van der Waals surface area contributed by atoms with E-state index in [4.69, 9.17) is 9.47 Å². The molecule has 0 saturated carbocycles. The molecule has 1 aliphatic heterocycles. The maximum absolute atomic E-state index is 13.2. The second kappa shape index (κ2) is 8.11. The van der Waals surface area contributed by atoms with E-state index in [1.807, 2.05) is 55.5 Å². The van der Waals surface area contributed by atoms with Crippen LogP contribution in [0.2, 0.25) is 0 Å². The van der Waals surface area contributed by atoms with Gasteiger partial charge in [-0.05, 0) is 49.6 Å². The van der Waals surface area contributed by atoms with Crippen LogP contribution >= 0.6 is 0 Å². The summed E-state index contributed by atoms with van der Waals surface area (Å²) >= 11 is 0. The van der Waals surface area contributed by atoms with Crippen molar-refractivity contribution in [2.75, 3.05) is 18.6 Å². The molecule has 4 rings (SSSR count). The molecule has 5 heteroatoms. The summed E-state index contributed by atoms with van der Waals surface area (Å²) in [6.45, 7) is 2.54. The van der Waals surface area contributed by atoms with Crippen LogP contribution in [0.15, 0.2) is 59.8 Å². The van der Waals surface area contributed by atoms with Gasteiger partial charge in [-0.2, -0.15) is 0 Å². The highest BCUT2D eigenvalue weighted by Gasteiger charge is 2.39. The summed E-state index contributed by atoms with van der Waals surface area (Å²) in [5.74, 6) is 1.42. The van der Waals surface area contributed by atoms with E-state index >= 15 is 0 Å². The molecule has 0 radical (unpaired) electrons. The van der Waals surface area contributed by atoms with E-state index in [1.54, 1.807) is 12.0 Å². The SMILES string of the molecule is CCOc1ccc(C2CC(=O)N(c3cccc(OC)c3)C3=C2C(=O)CCC3)cc1. The van der Waals surface area contributed by atoms with E-state index in [9.17, 15) is 9.59 Å². The highest BCUT2D eigenvalue weighted by atomic mass is 16.5. The molecule has 5 nitrogen and oxygen atoms in total. The molecule has 0 bridgehead atoms. The van der Waals surface area contributed by atoms with Gasteiger partial charge < -0.3 is 9.47 Å². The fourth-order valence-corrected chi connectivity index (χ4v) is 4.29. The van der Waals surface area contributed by atoms with Gasteiger partial charge in [-0.15, -0.1) is 0 Å². The standard InChI is InChI=1S/C24H25NO4/c1-3-29-18-12-10-16(11-13-18)20-15-23(27)25(17-6-4-7-19(14-17)28-2)21-8-5-9-22(26)24(20)21/h4,6-7,10-14,20H,3,5,8-9,15H2,1-2H3. The quantitative estimate of drug-likeness (QED) is 0.746. The van der Waals surface area contributed by atoms with E-state index in [0.717, 1.165) is 41.1 Å². The van der Waals surface area contributed by atoms with Crippen LogP contribution in [0.3, 0.4) is 0 Å². The first-order valence-electron chi connectivity index (χ1n) is 10.1. The Morgan fingerprint density at radius 1 is 1.03 bits per heavy atom. The van der Waals surface area contributed by atoms with Gasteiger partial charge in [0.1, 0.15) is 11.5 Å². The number of methoxy groups -OCH3 is 1. The van der Waals surface area contributed by atoms with E-state index in [0.29, 0.717) is 18.8 Å². The molecule has 29 heavy (non-hydrogen) atoms. The Balaban J connectivity index is 1.78. The number of nitrogens with zero attached hydrogens (tertiary/aromatic N) is 1. The van der Waals surface area contributed by atoms with E-state index < -0.39 is 0 Å². The van der Waals surface area contributed by atoms with Gasteiger partial charge in [0.25, 0.3) is 0 Å². The molecule has 1 atom stereocenters. The van der Waals surface area contributed by atoms with Gasteiger partial charge in [-0.1, -0.05) is 18.2 Å². The van der Waals surface area contributed by atoms with Crippen LogP contribution in [-0.2, 0) is 9.59 Å². The smallest absolute Gasteiger partial charge is 0.232 e. The topological polar surface area (TPSA) is 55.8 Å². The lowest BCUT2D eigenvalue weighted by atomic mass is 9.77. The zero-order valence-electron chi connectivity index (χ0n) is 16.8. The lowest BCUT2D eigenvalue weighted by Crippen LogP contribution is -2.40. The van der Waals surface area contributed by atoms with Crippen molar-refractivity contribution >= 4 is 17.4 Å². The summed E-state index contributed by atoms with van der Waals surface area (Å²) in [4.78, 5) is 27.9. The van der Waals surface area contributed by atoms with Gasteiger partial charge in [0.15, 0.2) is 5.78 Å². The molecule has 0 fully saturated rings. The molecule has 2 aromatic carbocycles. The Kier molecular flexibility index (Phi) is 5.38. The Bertz CT molecular complexity index is 961. The minimum absolute atomic E-state index is 0.00517. The largest absolute Gasteiger partial charge is 0.497 e. The highest BCUT2D eigenvalue weighted by molar-refractivity contribution is 6.07. The van der Waals surface area contributed by atoms with Gasteiger partial charge in [0.05, 0.1) is 19.4 Å². The fourth-order valence-electron chi connectivity index (χ4n) is 4.29. The van der Waals surface area contributed by atoms with Crippen molar-refractivity contribution in [2.45, 2.75) is 38.5 Å². The zero-order valence-corrected chi connectivity index (χ0v) is 16.8. The van der Waals surface area contributed by atoms with Gasteiger partial charge >= 0.3 is 0 Å². The van der Waals surface area contributed by atoms with Crippen molar-refractivity contribution in [1.82, 2.24) is 0 Å². The van der Waals surface area contributed by atoms with Crippen LogP contribution in [0.25, 0.3) is 0 Å². The molecule has 1 aliphatic carbocycles. The van der Waals surface area contributed by atoms with Crippen molar-refractivity contribution in [3.63, 3.8) is 0 Å². The molecular weight excluding hydrogens is 366 g/mol. The maximum atomic E-state index is 13.2. The fraction of sp³-hybridized carbons (Fsp3) is 0.333. The number of anilines is 1. The maximum Gasteiger partial charge on any atom is 0.232 e.